The Hall–Kier alpha value is -0.830. The number of carbonyl (C=O) groups is 1. The van der Waals surface area contributed by atoms with Crippen LogP contribution in [0, 0.1) is 6.92 Å². The highest BCUT2D eigenvalue weighted by atomic mass is 79.9. The Balaban J connectivity index is 1.93. The molecule has 0 atom stereocenters. The number of halogens is 1. The van der Waals surface area contributed by atoms with Gasteiger partial charge in [0.2, 0.25) is 5.91 Å². The number of carbonyl (C=O) groups excluding carboxylic acids is 1. The number of aryl methyl sites for hydroxylation is 1. The first kappa shape index (κ1) is 12.6. The van der Waals surface area contributed by atoms with Crippen molar-refractivity contribution in [2.75, 3.05) is 0 Å². The van der Waals surface area contributed by atoms with Crippen LogP contribution in [0.1, 0.15) is 36.8 Å². The van der Waals surface area contributed by atoms with E-state index in [9.17, 15) is 4.79 Å². The molecule has 0 aromatic heterocycles. The molecule has 1 aliphatic rings. The van der Waals surface area contributed by atoms with Crippen LogP contribution in [-0.2, 0) is 11.2 Å². The standard InChI is InChI=1S/C14H18BrNO/c1-10-8-12(15)7-6-11(10)9-14(17)16-13-4-2-3-5-13/h6-8,13H,2-5,9H2,1H3,(H,16,17). The monoisotopic (exact) mass is 295 g/mol. The van der Waals surface area contributed by atoms with E-state index < -0.39 is 0 Å². The summed E-state index contributed by atoms with van der Waals surface area (Å²) in [5.74, 6) is 0.155. The molecule has 0 bridgehead atoms. The third-order valence-electron chi connectivity index (χ3n) is 3.38. The molecular formula is C14H18BrNO. The second kappa shape index (κ2) is 5.67. The van der Waals surface area contributed by atoms with Crippen molar-refractivity contribution in [3.05, 3.63) is 33.8 Å². The molecule has 1 aromatic carbocycles. The van der Waals surface area contributed by atoms with E-state index in [0.717, 1.165) is 22.9 Å². The summed E-state index contributed by atoms with van der Waals surface area (Å²) in [7, 11) is 0. The second-order valence-corrected chi connectivity index (χ2v) is 5.71. The maximum atomic E-state index is 11.9. The SMILES string of the molecule is Cc1cc(Br)ccc1CC(=O)NC1CCCC1. The summed E-state index contributed by atoms with van der Waals surface area (Å²) in [4.78, 5) is 11.9. The van der Waals surface area contributed by atoms with Crippen LogP contribution in [0.5, 0.6) is 0 Å². The fourth-order valence-electron chi connectivity index (χ4n) is 2.38. The van der Waals surface area contributed by atoms with Gasteiger partial charge in [-0.2, -0.15) is 0 Å². The molecule has 0 saturated heterocycles. The summed E-state index contributed by atoms with van der Waals surface area (Å²) in [6.07, 6.45) is 5.29. The Bertz CT molecular complexity index is 411. The van der Waals surface area contributed by atoms with Crippen LogP contribution in [0.25, 0.3) is 0 Å². The van der Waals surface area contributed by atoms with Gasteiger partial charge in [0.1, 0.15) is 0 Å². The molecule has 92 valence electrons. The van der Waals surface area contributed by atoms with Gasteiger partial charge in [-0.25, -0.2) is 0 Å². The van der Waals surface area contributed by atoms with Gasteiger partial charge in [0.25, 0.3) is 0 Å². The smallest absolute Gasteiger partial charge is 0.224 e. The van der Waals surface area contributed by atoms with Crippen LogP contribution in [0.3, 0.4) is 0 Å². The number of nitrogens with one attached hydrogen (secondary N) is 1. The van der Waals surface area contributed by atoms with Gasteiger partial charge in [0.05, 0.1) is 6.42 Å². The zero-order valence-electron chi connectivity index (χ0n) is 10.1. The van der Waals surface area contributed by atoms with Crippen LogP contribution in [0.2, 0.25) is 0 Å². The van der Waals surface area contributed by atoms with Gasteiger partial charge in [0.15, 0.2) is 0 Å². The molecule has 2 rings (SSSR count). The normalized spacial score (nSPS) is 16.1. The van der Waals surface area contributed by atoms with E-state index in [1.165, 1.54) is 18.4 Å². The molecule has 1 aromatic rings. The lowest BCUT2D eigenvalue weighted by atomic mass is 10.1. The van der Waals surface area contributed by atoms with Gasteiger partial charge in [-0.15, -0.1) is 0 Å². The largest absolute Gasteiger partial charge is 0.353 e. The van der Waals surface area contributed by atoms with Gasteiger partial charge in [0, 0.05) is 10.5 Å². The minimum absolute atomic E-state index is 0.155. The van der Waals surface area contributed by atoms with Gasteiger partial charge < -0.3 is 5.32 Å². The van der Waals surface area contributed by atoms with Crippen LogP contribution in [0.15, 0.2) is 22.7 Å². The van der Waals surface area contributed by atoms with E-state index in [-0.39, 0.29) is 5.91 Å². The number of rotatable bonds is 3. The molecule has 17 heavy (non-hydrogen) atoms. The Morgan fingerprint density at radius 2 is 2.12 bits per heavy atom. The van der Waals surface area contributed by atoms with E-state index in [4.69, 9.17) is 0 Å². The van der Waals surface area contributed by atoms with Crippen molar-refractivity contribution < 1.29 is 4.79 Å². The van der Waals surface area contributed by atoms with Crippen molar-refractivity contribution in [2.45, 2.75) is 45.1 Å². The first-order valence-electron chi connectivity index (χ1n) is 6.19. The van der Waals surface area contributed by atoms with Gasteiger partial charge in [-0.05, 0) is 43.0 Å². The fourth-order valence-corrected chi connectivity index (χ4v) is 2.86. The minimum atomic E-state index is 0.155. The predicted molar refractivity (Wildman–Crippen MR) is 73.0 cm³/mol. The maximum Gasteiger partial charge on any atom is 0.224 e. The van der Waals surface area contributed by atoms with Crippen molar-refractivity contribution >= 4 is 21.8 Å². The van der Waals surface area contributed by atoms with Crippen LogP contribution in [-0.4, -0.2) is 11.9 Å². The minimum Gasteiger partial charge on any atom is -0.353 e. The van der Waals surface area contributed by atoms with E-state index in [1.54, 1.807) is 0 Å². The Labute approximate surface area is 111 Å². The number of amides is 1. The summed E-state index contributed by atoms with van der Waals surface area (Å²) in [5, 5.41) is 3.12. The summed E-state index contributed by atoms with van der Waals surface area (Å²) in [6, 6.07) is 6.48. The Morgan fingerprint density at radius 1 is 1.41 bits per heavy atom. The zero-order chi connectivity index (χ0) is 12.3. The van der Waals surface area contributed by atoms with Crippen LogP contribution in [0.4, 0.5) is 0 Å². The van der Waals surface area contributed by atoms with Crippen molar-refractivity contribution in [2.24, 2.45) is 0 Å². The second-order valence-electron chi connectivity index (χ2n) is 4.80. The molecule has 0 aliphatic heterocycles. The lowest BCUT2D eigenvalue weighted by Crippen LogP contribution is -2.33. The fraction of sp³-hybridized carbons (Fsp3) is 0.500. The highest BCUT2D eigenvalue weighted by molar-refractivity contribution is 9.10. The van der Waals surface area contributed by atoms with Crippen LogP contribution >= 0.6 is 15.9 Å². The number of hydrogen-bond acceptors (Lipinski definition) is 1. The van der Waals surface area contributed by atoms with Crippen molar-refractivity contribution in [1.29, 1.82) is 0 Å². The molecule has 0 unspecified atom stereocenters. The van der Waals surface area contributed by atoms with Gasteiger partial charge in [-0.1, -0.05) is 34.8 Å². The molecule has 1 saturated carbocycles. The van der Waals surface area contributed by atoms with E-state index in [2.05, 4.69) is 27.3 Å². The highest BCUT2D eigenvalue weighted by Gasteiger charge is 2.17. The molecule has 0 spiro atoms. The molecule has 0 radical (unpaired) electrons. The van der Waals surface area contributed by atoms with Crippen molar-refractivity contribution in [1.82, 2.24) is 5.32 Å². The van der Waals surface area contributed by atoms with Gasteiger partial charge in [-0.3, -0.25) is 4.79 Å². The first-order valence-corrected chi connectivity index (χ1v) is 6.99. The first-order chi connectivity index (χ1) is 8.15. The van der Waals surface area contributed by atoms with Crippen molar-refractivity contribution in [3.63, 3.8) is 0 Å². The molecule has 1 N–H and O–H groups in total. The quantitative estimate of drug-likeness (QED) is 0.910. The van der Waals surface area contributed by atoms with Gasteiger partial charge >= 0.3 is 0 Å². The van der Waals surface area contributed by atoms with Crippen molar-refractivity contribution in [3.8, 4) is 0 Å². The summed E-state index contributed by atoms with van der Waals surface area (Å²) < 4.78 is 1.06. The maximum absolute atomic E-state index is 11.9. The molecule has 1 fully saturated rings. The van der Waals surface area contributed by atoms with E-state index in [0.29, 0.717) is 12.5 Å². The molecule has 2 nitrogen and oxygen atoms in total. The van der Waals surface area contributed by atoms with E-state index >= 15 is 0 Å². The average Bonchev–Trinajstić information content (AvgIpc) is 2.75. The third-order valence-corrected chi connectivity index (χ3v) is 3.87. The molecule has 1 aliphatic carbocycles. The Kier molecular flexibility index (Phi) is 4.21. The Morgan fingerprint density at radius 3 is 2.76 bits per heavy atom. The lowest BCUT2D eigenvalue weighted by molar-refractivity contribution is -0.121. The average molecular weight is 296 g/mol. The summed E-state index contributed by atoms with van der Waals surface area (Å²) >= 11 is 3.43. The molecule has 0 heterocycles. The summed E-state index contributed by atoms with van der Waals surface area (Å²) in [5.41, 5.74) is 2.28. The number of hydrogen-bond donors (Lipinski definition) is 1. The molecular weight excluding hydrogens is 278 g/mol. The molecule has 3 heteroatoms. The zero-order valence-corrected chi connectivity index (χ0v) is 11.7. The van der Waals surface area contributed by atoms with E-state index in [1.807, 2.05) is 19.1 Å². The summed E-state index contributed by atoms with van der Waals surface area (Å²) in [6.45, 7) is 2.04. The van der Waals surface area contributed by atoms with Crippen LogP contribution < -0.4 is 5.32 Å². The lowest BCUT2D eigenvalue weighted by Gasteiger charge is -2.12. The molecule has 1 amide bonds. The number of benzene rings is 1. The predicted octanol–water partition coefficient (Wildman–Crippen LogP) is 3.36. The highest BCUT2D eigenvalue weighted by Crippen LogP contribution is 2.19. The topological polar surface area (TPSA) is 29.1 Å². The third kappa shape index (κ3) is 3.56.